The van der Waals surface area contributed by atoms with E-state index >= 15 is 0 Å². The van der Waals surface area contributed by atoms with E-state index in [0.717, 1.165) is 6.42 Å². The fourth-order valence-corrected chi connectivity index (χ4v) is 2.43. The van der Waals surface area contributed by atoms with Gasteiger partial charge in [-0.25, -0.2) is 4.98 Å². The van der Waals surface area contributed by atoms with Gasteiger partial charge in [-0.15, -0.1) is 0 Å². The molecule has 1 heterocycles. The number of nitrogens with zero attached hydrogens (tertiary/aromatic N) is 1. The Morgan fingerprint density at radius 3 is 2.78 bits per heavy atom. The first-order valence-electron chi connectivity index (χ1n) is 6.41. The minimum absolute atomic E-state index is 0.246. The van der Waals surface area contributed by atoms with Crippen molar-refractivity contribution in [3.63, 3.8) is 0 Å². The number of hydrogen-bond donors (Lipinski definition) is 3. The van der Waals surface area contributed by atoms with Gasteiger partial charge in [-0.05, 0) is 30.9 Å². The molecule has 18 heavy (non-hydrogen) atoms. The Morgan fingerprint density at radius 1 is 1.39 bits per heavy atom. The summed E-state index contributed by atoms with van der Waals surface area (Å²) in [7, 11) is 0. The molecular weight excluding hydrogens is 228 g/mol. The summed E-state index contributed by atoms with van der Waals surface area (Å²) in [5.74, 6) is 0.636. The van der Waals surface area contributed by atoms with E-state index in [-0.39, 0.29) is 5.69 Å². The van der Waals surface area contributed by atoms with E-state index in [0.29, 0.717) is 23.5 Å². The highest BCUT2D eigenvalue weighted by Crippen LogP contribution is 2.28. The van der Waals surface area contributed by atoms with Gasteiger partial charge in [-0.1, -0.05) is 19.8 Å². The van der Waals surface area contributed by atoms with Crippen molar-refractivity contribution in [3.05, 3.63) is 17.8 Å². The largest absolute Gasteiger partial charge is 0.396 e. The second-order valence-corrected chi connectivity index (χ2v) is 5.01. The maximum Gasteiger partial charge on any atom is 0.267 e. The van der Waals surface area contributed by atoms with Crippen molar-refractivity contribution in [3.8, 4) is 0 Å². The van der Waals surface area contributed by atoms with E-state index in [1.807, 2.05) is 0 Å². The molecule has 2 rings (SSSR count). The fraction of sp³-hybridized carbons (Fsp3) is 0.538. The van der Waals surface area contributed by atoms with Crippen molar-refractivity contribution in [1.29, 1.82) is 0 Å². The van der Waals surface area contributed by atoms with Crippen LogP contribution in [-0.2, 0) is 0 Å². The predicted molar refractivity (Wildman–Crippen MR) is 72.2 cm³/mol. The Bertz CT molecular complexity index is 447. The Balaban J connectivity index is 2.17. The van der Waals surface area contributed by atoms with Gasteiger partial charge in [0.15, 0.2) is 0 Å². The van der Waals surface area contributed by atoms with Crippen LogP contribution in [0.25, 0.3) is 0 Å². The normalized spacial score (nSPS) is 23.6. The molecule has 0 bridgehead atoms. The van der Waals surface area contributed by atoms with Gasteiger partial charge in [-0.3, -0.25) is 4.79 Å². The summed E-state index contributed by atoms with van der Waals surface area (Å²) in [6.07, 6.45) is 4.83. The molecule has 0 aromatic carbocycles. The van der Waals surface area contributed by atoms with Gasteiger partial charge < -0.3 is 16.8 Å². The molecule has 0 saturated heterocycles. The molecule has 5 nitrogen and oxygen atoms in total. The lowest BCUT2D eigenvalue weighted by Crippen LogP contribution is -2.31. The summed E-state index contributed by atoms with van der Waals surface area (Å²) in [5, 5.41) is 3.35. The third kappa shape index (κ3) is 2.72. The standard InChI is InChI=1S/C13H20N4O/c1-8-4-2-3-5-10(8)16-13-9(14)6-7-11(17-13)12(15)18/h6-8,10H,2-5,14H2,1H3,(H2,15,18)(H,16,17). The summed E-state index contributed by atoms with van der Waals surface area (Å²) in [6.45, 7) is 2.23. The van der Waals surface area contributed by atoms with E-state index in [1.165, 1.54) is 19.3 Å². The zero-order chi connectivity index (χ0) is 13.1. The first-order valence-corrected chi connectivity index (χ1v) is 6.41. The van der Waals surface area contributed by atoms with Crippen LogP contribution < -0.4 is 16.8 Å². The lowest BCUT2D eigenvalue weighted by atomic mass is 9.86. The SMILES string of the molecule is CC1CCCCC1Nc1nc(C(N)=O)ccc1N. The molecule has 2 unspecified atom stereocenters. The fourth-order valence-electron chi connectivity index (χ4n) is 2.43. The third-order valence-electron chi connectivity index (χ3n) is 3.61. The summed E-state index contributed by atoms with van der Waals surface area (Å²) in [5.41, 5.74) is 11.9. The molecule has 5 heteroatoms. The Morgan fingerprint density at radius 2 is 2.11 bits per heavy atom. The van der Waals surface area contributed by atoms with E-state index in [2.05, 4.69) is 17.2 Å². The molecule has 1 aromatic rings. The molecule has 98 valence electrons. The molecule has 1 aliphatic rings. The zero-order valence-corrected chi connectivity index (χ0v) is 10.6. The van der Waals surface area contributed by atoms with Gasteiger partial charge >= 0.3 is 0 Å². The number of nitrogens with two attached hydrogens (primary N) is 2. The van der Waals surface area contributed by atoms with Crippen molar-refractivity contribution in [2.45, 2.75) is 38.6 Å². The first-order chi connectivity index (χ1) is 8.58. The number of nitrogen functional groups attached to an aromatic ring is 1. The average Bonchev–Trinajstić information content (AvgIpc) is 2.34. The number of amides is 1. The summed E-state index contributed by atoms with van der Waals surface area (Å²) < 4.78 is 0. The number of rotatable bonds is 3. The molecule has 0 aliphatic heterocycles. The van der Waals surface area contributed by atoms with Crippen LogP contribution in [0.5, 0.6) is 0 Å². The number of carbonyl (C=O) groups is 1. The molecule has 1 aliphatic carbocycles. The molecule has 1 amide bonds. The minimum atomic E-state index is -0.533. The van der Waals surface area contributed by atoms with Crippen LogP contribution in [0.1, 0.15) is 43.1 Å². The topological polar surface area (TPSA) is 94.0 Å². The highest BCUT2D eigenvalue weighted by Gasteiger charge is 2.22. The highest BCUT2D eigenvalue weighted by molar-refractivity contribution is 5.91. The van der Waals surface area contributed by atoms with Crippen molar-refractivity contribution in [2.75, 3.05) is 11.1 Å². The number of pyridine rings is 1. The van der Waals surface area contributed by atoms with Gasteiger partial charge in [0.05, 0.1) is 5.69 Å². The molecule has 1 saturated carbocycles. The van der Waals surface area contributed by atoms with Crippen LogP contribution >= 0.6 is 0 Å². The average molecular weight is 248 g/mol. The highest BCUT2D eigenvalue weighted by atomic mass is 16.1. The van der Waals surface area contributed by atoms with Crippen molar-refractivity contribution in [2.24, 2.45) is 11.7 Å². The Kier molecular flexibility index (Phi) is 3.69. The molecule has 2 atom stereocenters. The quantitative estimate of drug-likeness (QED) is 0.759. The van der Waals surface area contributed by atoms with Crippen LogP contribution in [-0.4, -0.2) is 16.9 Å². The summed E-state index contributed by atoms with van der Waals surface area (Å²) in [6, 6.07) is 3.59. The lowest BCUT2D eigenvalue weighted by molar-refractivity contribution is 0.0995. The molecule has 5 N–H and O–H groups in total. The Labute approximate surface area is 107 Å². The zero-order valence-electron chi connectivity index (χ0n) is 10.6. The van der Waals surface area contributed by atoms with E-state index in [1.54, 1.807) is 12.1 Å². The van der Waals surface area contributed by atoms with Crippen LogP contribution in [0, 0.1) is 5.92 Å². The van der Waals surface area contributed by atoms with Gasteiger partial charge in [0.2, 0.25) is 0 Å². The van der Waals surface area contributed by atoms with Crippen LogP contribution in [0.3, 0.4) is 0 Å². The number of hydrogen-bond acceptors (Lipinski definition) is 4. The van der Waals surface area contributed by atoms with E-state index in [4.69, 9.17) is 11.5 Å². The first kappa shape index (κ1) is 12.7. The number of carbonyl (C=O) groups excluding carboxylic acids is 1. The number of primary amides is 1. The summed E-state index contributed by atoms with van der Waals surface area (Å²) in [4.78, 5) is 15.3. The maximum absolute atomic E-state index is 11.1. The maximum atomic E-state index is 11.1. The van der Waals surface area contributed by atoms with Gasteiger partial charge in [0.1, 0.15) is 11.5 Å². The monoisotopic (exact) mass is 248 g/mol. The molecule has 1 aromatic heterocycles. The number of anilines is 2. The van der Waals surface area contributed by atoms with Gasteiger partial charge in [0.25, 0.3) is 5.91 Å². The van der Waals surface area contributed by atoms with Crippen molar-refractivity contribution >= 4 is 17.4 Å². The molecule has 0 spiro atoms. The second kappa shape index (κ2) is 5.25. The molecule has 1 fully saturated rings. The molecule has 0 radical (unpaired) electrons. The van der Waals surface area contributed by atoms with Crippen molar-refractivity contribution in [1.82, 2.24) is 4.98 Å². The second-order valence-electron chi connectivity index (χ2n) is 5.01. The van der Waals surface area contributed by atoms with E-state index < -0.39 is 5.91 Å². The summed E-state index contributed by atoms with van der Waals surface area (Å²) >= 11 is 0. The van der Waals surface area contributed by atoms with Gasteiger partial charge in [-0.2, -0.15) is 0 Å². The van der Waals surface area contributed by atoms with Crippen LogP contribution in [0.15, 0.2) is 12.1 Å². The third-order valence-corrected chi connectivity index (χ3v) is 3.61. The van der Waals surface area contributed by atoms with Gasteiger partial charge in [0, 0.05) is 6.04 Å². The Hall–Kier alpha value is -1.78. The van der Waals surface area contributed by atoms with Crippen molar-refractivity contribution < 1.29 is 4.79 Å². The minimum Gasteiger partial charge on any atom is -0.396 e. The smallest absolute Gasteiger partial charge is 0.267 e. The molecular formula is C13H20N4O. The predicted octanol–water partition coefficient (Wildman–Crippen LogP) is 1.75. The van der Waals surface area contributed by atoms with Crippen LogP contribution in [0.4, 0.5) is 11.5 Å². The lowest BCUT2D eigenvalue weighted by Gasteiger charge is -2.30. The van der Waals surface area contributed by atoms with E-state index in [9.17, 15) is 4.79 Å². The number of nitrogens with one attached hydrogen (secondary N) is 1. The van der Waals surface area contributed by atoms with Crippen LogP contribution in [0.2, 0.25) is 0 Å². The number of aromatic nitrogens is 1.